The second-order valence-electron chi connectivity index (χ2n) is 3.88. The smallest absolute Gasteiger partial charge is 0.315 e. The van der Waals surface area contributed by atoms with Gasteiger partial charge in [-0.2, -0.15) is 11.8 Å². The van der Waals surface area contributed by atoms with Crippen LogP contribution < -0.4 is 10.6 Å². The van der Waals surface area contributed by atoms with Crippen molar-refractivity contribution in [2.75, 3.05) is 23.4 Å². The molecular weight excluding hydrogens is 224 g/mol. The third-order valence-corrected chi connectivity index (χ3v) is 3.59. The number of anilines is 1. The summed E-state index contributed by atoms with van der Waals surface area (Å²) >= 11 is 1.96. The number of rotatable bonds is 6. The van der Waals surface area contributed by atoms with E-state index in [4.69, 9.17) is 4.42 Å². The largest absolute Gasteiger partial charge is 0.407 e. The first-order chi connectivity index (χ1) is 7.88. The summed E-state index contributed by atoms with van der Waals surface area (Å²) in [5, 5.41) is 14.5. The maximum atomic E-state index is 5.49. The van der Waals surface area contributed by atoms with Crippen LogP contribution in [0.3, 0.4) is 0 Å². The van der Waals surface area contributed by atoms with Crippen LogP contribution in [-0.2, 0) is 6.54 Å². The van der Waals surface area contributed by atoms with Gasteiger partial charge in [-0.3, -0.25) is 0 Å². The number of hydrogen-bond acceptors (Lipinski definition) is 6. The van der Waals surface area contributed by atoms with Crippen molar-refractivity contribution in [2.24, 2.45) is 0 Å². The molecule has 2 rings (SSSR count). The molecule has 1 aliphatic heterocycles. The molecule has 1 aliphatic rings. The molecule has 1 atom stereocenters. The molecule has 1 fully saturated rings. The maximum absolute atomic E-state index is 5.49. The van der Waals surface area contributed by atoms with E-state index in [9.17, 15) is 0 Å². The van der Waals surface area contributed by atoms with Gasteiger partial charge >= 0.3 is 6.01 Å². The van der Waals surface area contributed by atoms with Gasteiger partial charge in [0.25, 0.3) is 0 Å². The van der Waals surface area contributed by atoms with Crippen molar-refractivity contribution in [1.29, 1.82) is 0 Å². The Morgan fingerprint density at radius 3 is 3.19 bits per heavy atom. The number of nitrogens with one attached hydrogen (secondary N) is 2. The van der Waals surface area contributed by atoms with Gasteiger partial charge < -0.3 is 15.1 Å². The zero-order chi connectivity index (χ0) is 11.2. The van der Waals surface area contributed by atoms with Crippen molar-refractivity contribution >= 4 is 17.8 Å². The highest BCUT2D eigenvalue weighted by Gasteiger charge is 2.17. The van der Waals surface area contributed by atoms with Gasteiger partial charge in [-0.05, 0) is 25.1 Å². The van der Waals surface area contributed by atoms with Gasteiger partial charge in [-0.1, -0.05) is 12.0 Å². The molecule has 90 valence electrons. The Morgan fingerprint density at radius 2 is 2.44 bits per heavy atom. The molecular formula is C10H18N4OS. The normalized spacial score (nSPS) is 20.2. The lowest BCUT2D eigenvalue weighted by Gasteiger charge is -2.06. The molecule has 1 saturated heterocycles. The lowest BCUT2D eigenvalue weighted by atomic mass is 10.3. The van der Waals surface area contributed by atoms with Gasteiger partial charge in [-0.25, -0.2) is 0 Å². The zero-order valence-electron chi connectivity index (χ0n) is 9.53. The third-order valence-electron chi connectivity index (χ3n) is 2.43. The molecule has 0 spiro atoms. The van der Waals surface area contributed by atoms with Crippen molar-refractivity contribution in [2.45, 2.75) is 32.4 Å². The summed E-state index contributed by atoms with van der Waals surface area (Å²) in [5.41, 5.74) is 0. The van der Waals surface area contributed by atoms with Gasteiger partial charge in [0.1, 0.15) is 0 Å². The van der Waals surface area contributed by atoms with Crippen LogP contribution in [0.2, 0.25) is 0 Å². The minimum atomic E-state index is 0.488. The Bertz CT molecular complexity index is 312. The third kappa shape index (κ3) is 3.38. The number of hydrogen-bond donors (Lipinski definition) is 2. The van der Waals surface area contributed by atoms with E-state index >= 15 is 0 Å². The lowest BCUT2D eigenvalue weighted by Crippen LogP contribution is -2.18. The van der Waals surface area contributed by atoms with Gasteiger partial charge in [0, 0.05) is 11.8 Å². The molecule has 0 amide bonds. The molecule has 1 aromatic heterocycles. The predicted octanol–water partition coefficient (Wildman–Crippen LogP) is 1.49. The summed E-state index contributed by atoms with van der Waals surface area (Å²) in [6.45, 7) is 3.76. The Kier molecular flexibility index (Phi) is 4.47. The average molecular weight is 242 g/mol. The van der Waals surface area contributed by atoms with Crippen molar-refractivity contribution < 1.29 is 4.42 Å². The quantitative estimate of drug-likeness (QED) is 0.737. The maximum Gasteiger partial charge on any atom is 0.315 e. The number of aromatic nitrogens is 2. The Labute approximate surface area is 99.8 Å². The van der Waals surface area contributed by atoms with Crippen LogP contribution >= 0.6 is 11.8 Å². The van der Waals surface area contributed by atoms with E-state index in [1.807, 2.05) is 11.8 Å². The van der Waals surface area contributed by atoms with Crippen LogP contribution in [0.15, 0.2) is 4.42 Å². The molecule has 5 nitrogen and oxygen atoms in total. The molecule has 1 unspecified atom stereocenters. The molecule has 0 aromatic carbocycles. The van der Waals surface area contributed by atoms with Gasteiger partial charge in [-0.15, -0.1) is 5.10 Å². The molecule has 6 heteroatoms. The van der Waals surface area contributed by atoms with Crippen LogP contribution in [-0.4, -0.2) is 34.3 Å². The summed E-state index contributed by atoms with van der Waals surface area (Å²) in [5.74, 6) is 3.00. The highest BCUT2D eigenvalue weighted by Crippen LogP contribution is 2.20. The van der Waals surface area contributed by atoms with Gasteiger partial charge in [0.05, 0.1) is 6.54 Å². The first-order valence-corrected chi connectivity index (χ1v) is 6.91. The average Bonchev–Trinajstić information content (AvgIpc) is 2.91. The predicted molar refractivity (Wildman–Crippen MR) is 65.6 cm³/mol. The van der Waals surface area contributed by atoms with Crippen molar-refractivity contribution in [1.82, 2.24) is 15.5 Å². The van der Waals surface area contributed by atoms with Crippen molar-refractivity contribution in [3.8, 4) is 0 Å². The molecule has 0 saturated carbocycles. The van der Waals surface area contributed by atoms with E-state index in [1.54, 1.807) is 0 Å². The monoisotopic (exact) mass is 242 g/mol. The van der Waals surface area contributed by atoms with Gasteiger partial charge in [0.2, 0.25) is 5.89 Å². The first-order valence-electron chi connectivity index (χ1n) is 5.76. The fourth-order valence-corrected chi connectivity index (χ4v) is 2.73. The number of thioether (sulfide) groups is 1. The summed E-state index contributed by atoms with van der Waals surface area (Å²) in [4.78, 5) is 0. The summed E-state index contributed by atoms with van der Waals surface area (Å²) < 4.78 is 5.49. The SMILES string of the molecule is CCCNCc1nnc(NC2CCSC2)o1. The minimum Gasteiger partial charge on any atom is -0.407 e. The van der Waals surface area contributed by atoms with Crippen LogP contribution in [0, 0.1) is 0 Å². The minimum absolute atomic E-state index is 0.488. The number of nitrogens with zero attached hydrogens (tertiary/aromatic N) is 2. The second kappa shape index (κ2) is 6.10. The van der Waals surface area contributed by atoms with Crippen LogP contribution in [0.1, 0.15) is 25.7 Å². The standard InChI is InChI=1S/C10H18N4OS/c1-2-4-11-6-9-13-14-10(15-9)12-8-3-5-16-7-8/h8,11H,2-7H2,1H3,(H,12,14). The molecule has 0 bridgehead atoms. The highest BCUT2D eigenvalue weighted by atomic mass is 32.2. The summed E-state index contributed by atoms with van der Waals surface area (Å²) in [6, 6.07) is 1.04. The molecule has 0 aliphatic carbocycles. The fraction of sp³-hybridized carbons (Fsp3) is 0.800. The second-order valence-corrected chi connectivity index (χ2v) is 5.03. The van der Waals surface area contributed by atoms with E-state index in [-0.39, 0.29) is 0 Å². The van der Waals surface area contributed by atoms with Crippen LogP contribution in [0.5, 0.6) is 0 Å². The van der Waals surface area contributed by atoms with Crippen molar-refractivity contribution in [3.05, 3.63) is 5.89 Å². The Balaban J connectivity index is 1.77. The molecule has 0 radical (unpaired) electrons. The Morgan fingerprint density at radius 1 is 1.50 bits per heavy atom. The van der Waals surface area contributed by atoms with Gasteiger partial charge in [0.15, 0.2) is 0 Å². The van der Waals surface area contributed by atoms with Crippen LogP contribution in [0.25, 0.3) is 0 Å². The van der Waals surface area contributed by atoms with E-state index in [0.717, 1.165) is 18.7 Å². The van der Waals surface area contributed by atoms with E-state index < -0.39 is 0 Å². The Hall–Kier alpha value is -0.750. The molecule has 2 N–H and O–H groups in total. The lowest BCUT2D eigenvalue weighted by molar-refractivity contribution is 0.474. The molecule has 2 heterocycles. The van der Waals surface area contributed by atoms with Crippen LogP contribution in [0.4, 0.5) is 6.01 Å². The molecule has 16 heavy (non-hydrogen) atoms. The molecule has 1 aromatic rings. The van der Waals surface area contributed by atoms with E-state index in [0.29, 0.717) is 24.5 Å². The van der Waals surface area contributed by atoms with E-state index in [2.05, 4.69) is 27.8 Å². The topological polar surface area (TPSA) is 63.0 Å². The fourth-order valence-electron chi connectivity index (χ4n) is 1.58. The zero-order valence-corrected chi connectivity index (χ0v) is 10.3. The summed E-state index contributed by atoms with van der Waals surface area (Å²) in [7, 11) is 0. The highest BCUT2D eigenvalue weighted by molar-refractivity contribution is 7.99. The van der Waals surface area contributed by atoms with E-state index in [1.165, 1.54) is 12.2 Å². The summed E-state index contributed by atoms with van der Waals surface area (Å²) in [6.07, 6.45) is 2.29. The van der Waals surface area contributed by atoms with Crippen molar-refractivity contribution in [3.63, 3.8) is 0 Å². The first kappa shape index (κ1) is 11.7.